The molecule has 0 radical (unpaired) electrons. The fourth-order valence-electron chi connectivity index (χ4n) is 2.67. The van der Waals surface area contributed by atoms with Gasteiger partial charge in [0.2, 0.25) is 0 Å². The summed E-state index contributed by atoms with van der Waals surface area (Å²) in [5, 5.41) is 16.1. The monoisotopic (exact) mass is 395 g/mol. The van der Waals surface area contributed by atoms with Crippen LogP contribution in [0.2, 0.25) is 5.02 Å². The number of nitrogens with one attached hydrogen (secondary N) is 2. The molecule has 2 aromatic rings. The molecule has 1 amide bonds. The molecule has 1 fully saturated rings. The summed E-state index contributed by atoms with van der Waals surface area (Å²) in [6.07, 6.45) is 0.785. The lowest BCUT2D eigenvalue weighted by Crippen LogP contribution is -2.54. The van der Waals surface area contributed by atoms with Crippen molar-refractivity contribution < 1.29 is 18.0 Å². The van der Waals surface area contributed by atoms with Crippen LogP contribution in [0.1, 0.15) is 16.1 Å². The molecular formula is C17H13ClF3N5O. The van der Waals surface area contributed by atoms with Crippen molar-refractivity contribution in [3.05, 3.63) is 64.2 Å². The van der Waals surface area contributed by atoms with Crippen LogP contribution in [-0.2, 0) is 0 Å². The second-order valence-electron chi connectivity index (χ2n) is 5.78. The minimum atomic E-state index is -1.01. The predicted molar refractivity (Wildman–Crippen MR) is 92.7 cm³/mol. The van der Waals surface area contributed by atoms with Crippen LogP contribution in [0, 0.1) is 28.3 Å². The summed E-state index contributed by atoms with van der Waals surface area (Å²) in [4.78, 5) is 18.6. The molecule has 0 saturated carbocycles. The Bertz CT molecular complexity index is 952. The van der Waals surface area contributed by atoms with Gasteiger partial charge in [-0.1, -0.05) is 11.6 Å². The van der Waals surface area contributed by atoms with Gasteiger partial charge in [0, 0.05) is 19.2 Å². The molecule has 1 aliphatic heterocycles. The third-order valence-corrected chi connectivity index (χ3v) is 4.32. The number of amides is 1. The van der Waals surface area contributed by atoms with Crippen molar-refractivity contribution in [3.63, 3.8) is 0 Å². The van der Waals surface area contributed by atoms with E-state index in [2.05, 4.69) is 4.98 Å². The number of aromatic nitrogens is 1. The van der Waals surface area contributed by atoms with E-state index in [9.17, 15) is 18.0 Å². The summed E-state index contributed by atoms with van der Waals surface area (Å²) < 4.78 is 40.0. The molecule has 27 heavy (non-hydrogen) atoms. The first-order valence-corrected chi connectivity index (χ1v) is 8.15. The molecule has 0 bridgehead atoms. The van der Waals surface area contributed by atoms with Crippen LogP contribution in [0.4, 0.5) is 13.2 Å². The van der Waals surface area contributed by atoms with Gasteiger partial charge in [0.05, 0.1) is 23.3 Å². The molecular weight excluding hydrogens is 383 g/mol. The number of carbonyl (C=O) groups excluding carboxylic acids is 1. The van der Waals surface area contributed by atoms with E-state index in [1.165, 1.54) is 15.9 Å². The Morgan fingerprint density at radius 2 is 1.89 bits per heavy atom. The van der Waals surface area contributed by atoms with Crippen molar-refractivity contribution in [2.24, 2.45) is 0 Å². The molecule has 2 N–H and O–H groups in total. The fourth-order valence-corrected chi connectivity index (χ4v) is 2.92. The molecule has 0 atom stereocenters. The maximum absolute atomic E-state index is 13.8. The Hall–Kier alpha value is -2.94. The number of amidine groups is 2. The zero-order valence-electron chi connectivity index (χ0n) is 13.8. The number of rotatable bonds is 2. The van der Waals surface area contributed by atoms with E-state index >= 15 is 0 Å². The van der Waals surface area contributed by atoms with Gasteiger partial charge in [0.25, 0.3) is 5.91 Å². The minimum absolute atomic E-state index is 0.0423. The quantitative estimate of drug-likeness (QED) is 0.605. The lowest BCUT2D eigenvalue weighted by molar-refractivity contribution is 0.0757. The third kappa shape index (κ3) is 3.77. The summed E-state index contributed by atoms with van der Waals surface area (Å²) in [5.41, 5.74) is -0.289. The van der Waals surface area contributed by atoms with Gasteiger partial charge in [-0.2, -0.15) is 0 Å². The SMILES string of the molecule is N=C1CN(C(=O)c2ccc(F)cc2Cl)CCN1C(=N)c1ncc(F)cc1F. The molecule has 3 rings (SSSR count). The average molecular weight is 396 g/mol. The van der Waals surface area contributed by atoms with E-state index < -0.39 is 29.2 Å². The summed E-state index contributed by atoms with van der Waals surface area (Å²) in [6, 6.07) is 4.00. The van der Waals surface area contributed by atoms with Crippen LogP contribution >= 0.6 is 11.6 Å². The molecule has 1 aromatic carbocycles. The highest BCUT2D eigenvalue weighted by Crippen LogP contribution is 2.20. The van der Waals surface area contributed by atoms with Crippen LogP contribution in [0.15, 0.2) is 30.5 Å². The standard InChI is InChI=1S/C17H13ClF3N5O/c18-12-5-9(19)1-2-11(12)17(27)25-3-4-26(14(22)8-25)16(23)15-13(21)6-10(20)7-24-15/h1-2,5-7,22-23H,3-4,8H2. The maximum atomic E-state index is 13.8. The maximum Gasteiger partial charge on any atom is 0.255 e. The highest BCUT2D eigenvalue weighted by atomic mass is 35.5. The van der Waals surface area contributed by atoms with E-state index in [4.69, 9.17) is 22.4 Å². The van der Waals surface area contributed by atoms with Crippen molar-refractivity contribution in [1.82, 2.24) is 14.8 Å². The van der Waals surface area contributed by atoms with Crippen molar-refractivity contribution in [2.45, 2.75) is 0 Å². The van der Waals surface area contributed by atoms with E-state index in [0.29, 0.717) is 6.07 Å². The normalized spacial score (nSPS) is 14.4. The number of hydrogen-bond acceptors (Lipinski definition) is 4. The number of pyridine rings is 1. The number of nitrogens with zero attached hydrogens (tertiary/aromatic N) is 3. The molecule has 0 unspecified atom stereocenters. The molecule has 1 aliphatic rings. The smallest absolute Gasteiger partial charge is 0.255 e. The van der Waals surface area contributed by atoms with Crippen LogP contribution in [0.3, 0.4) is 0 Å². The summed E-state index contributed by atoms with van der Waals surface area (Å²) in [7, 11) is 0. The Kier molecular flexibility index (Phi) is 5.13. The molecule has 6 nitrogen and oxygen atoms in total. The number of carbonyl (C=O) groups is 1. The topological polar surface area (TPSA) is 84.1 Å². The summed E-state index contributed by atoms with van der Waals surface area (Å²) >= 11 is 5.90. The van der Waals surface area contributed by atoms with Gasteiger partial charge >= 0.3 is 0 Å². The second kappa shape index (κ2) is 7.36. The molecule has 0 spiro atoms. The first-order chi connectivity index (χ1) is 12.8. The van der Waals surface area contributed by atoms with E-state index in [-0.39, 0.29) is 41.7 Å². The zero-order chi connectivity index (χ0) is 19.7. The number of halogens is 4. The van der Waals surface area contributed by atoms with Crippen LogP contribution in [0.25, 0.3) is 0 Å². The average Bonchev–Trinajstić information content (AvgIpc) is 2.60. The number of benzene rings is 1. The van der Waals surface area contributed by atoms with Crippen LogP contribution < -0.4 is 0 Å². The van der Waals surface area contributed by atoms with Crippen molar-refractivity contribution in [2.75, 3.05) is 19.6 Å². The Labute approximate surface area is 157 Å². The molecule has 0 aliphatic carbocycles. The summed E-state index contributed by atoms with van der Waals surface area (Å²) in [5.74, 6) is -3.47. The number of piperazine rings is 1. The van der Waals surface area contributed by atoms with Crippen molar-refractivity contribution in [3.8, 4) is 0 Å². The summed E-state index contributed by atoms with van der Waals surface area (Å²) in [6.45, 7) is 0.0125. The minimum Gasteiger partial charge on any atom is -0.329 e. The van der Waals surface area contributed by atoms with E-state index in [0.717, 1.165) is 18.3 Å². The molecule has 10 heteroatoms. The van der Waals surface area contributed by atoms with Gasteiger partial charge in [-0.05, 0) is 18.2 Å². The van der Waals surface area contributed by atoms with Crippen LogP contribution in [0.5, 0.6) is 0 Å². The van der Waals surface area contributed by atoms with E-state index in [1.807, 2.05) is 0 Å². The fraction of sp³-hybridized carbons (Fsp3) is 0.176. The van der Waals surface area contributed by atoms with Crippen LogP contribution in [-0.4, -0.2) is 52.0 Å². The lowest BCUT2D eigenvalue weighted by atomic mass is 10.1. The van der Waals surface area contributed by atoms with Gasteiger partial charge < -0.3 is 9.80 Å². The molecule has 140 valence electrons. The lowest BCUT2D eigenvalue weighted by Gasteiger charge is -2.36. The van der Waals surface area contributed by atoms with Crippen molar-refractivity contribution >= 4 is 29.2 Å². The van der Waals surface area contributed by atoms with Gasteiger partial charge in [0.1, 0.15) is 23.2 Å². The third-order valence-electron chi connectivity index (χ3n) is 4.01. The number of hydrogen-bond donors (Lipinski definition) is 2. The van der Waals surface area contributed by atoms with Crippen molar-refractivity contribution in [1.29, 1.82) is 10.8 Å². The second-order valence-corrected chi connectivity index (χ2v) is 6.19. The first kappa shape index (κ1) is 18.8. The largest absolute Gasteiger partial charge is 0.329 e. The van der Waals surface area contributed by atoms with E-state index in [1.54, 1.807) is 0 Å². The molecule has 2 heterocycles. The molecule has 1 saturated heterocycles. The highest BCUT2D eigenvalue weighted by molar-refractivity contribution is 6.33. The molecule has 1 aromatic heterocycles. The highest BCUT2D eigenvalue weighted by Gasteiger charge is 2.30. The van der Waals surface area contributed by atoms with Gasteiger partial charge in [-0.15, -0.1) is 0 Å². The van der Waals surface area contributed by atoms with Gasteiger partial charge in [0.15, 0.2) is 11.7 Å². The Morgan fingerprint density at radius 1 is 1.15 bits per heavy atom. The van der Waals surface area contributed by atoms with Gasteiger partial charge in [-0.3, -0.25) is 15.6 Å². The Balaban J connectivity index is 1.74. The zero-order valence-corrected chi connectivity index (χ0v) is 14.5. The first-order valence-electron chi connectivity index (χ1n) is 7.77. The Morgan fingerprint density at radius 3 is 2.52 bits per heavy atom. The van der Waals surface area contributed by atoms with Gasteiger partial charge in [-0.25, -0.2) is 18.2 Å². The predicted octanol–water partition coefficient (Wildman–Crippen LogP) is 2.91.